The average molecular weight is 299 g/mol. The summed E-state index contributed by atoms with van der Waals surface area (Å²) in [5.74, 6) is -1.91. The standard InChI is InChI=1S/C15H25NO5/c1-11(13(18)21-3)10-16(2)12(17)9-15(14(19)20)7-5-4-6-8-15/h11H,4-10H2,1-3H3,(H,19,20). The van der Waals surface area contributed by atoms with E-state index in [0.717, 1.165) is 19.3 Å². The summed E-state index contributed by atoms with van der Waals surface area (Å²) >= 11 is 0. The number of carboxylic acid groups (broad SMARTS) is 1. The quantitative estimate of drug-likeness (QED) is 0.754. The number of esters is 1. The molecule has 1 amide bonds. The molecule has 6 nitrogen and oxygen atoms in total. The van der Waals surface area contributed by atoms with E-state index < -0.39 is 17.3 Å². The van der Waals surface area contributed by atoms with Crippen molar-refractivity contribution in [1.29, 1.82) is 0 Å². The molecule has 0 aliphatic heterocycles. The Morgan fingerprint density at radius 3 is 2.29 bits per heavy atom. The highest BCUT2D eigenvalue weighted by atomic mass is 16.5. The third kappa shape index (κ3) is 4.44. The van der Waals surface area contributed by atoms with Crippen molar-refractivity contribution in [3.8, 4) is 0 Å². The first kappa shape index (κ1) is 17.5. The van der Waals surface area contributed by atoms with Crippen LogP contribution in [0.4, 0.5) is 0 Å². The summed E-state index contributed by atoms with van der Waals surface area (Å²) in [4.78, 5) is 36.7. The number of carbonyl (C=O) groups is 3. The highest BCUT2D eigenvalue weighted by molar-refractivity contribution is 5.85. The van der Waals surface area contributed by atoms with Gasteiger partial charge >= 0.3 is 11.9 Å². The molecule has 0 aromatic heterocycles. The van der Waals surface area contributed by atoms with Gasteiger partial charge in [0.1, 0.15) is 0 Å². The molecule has 1 unspecified atom stereocenters. The van der Waals surface area contributed by atoms with Crippen LogP contribution in [-0.4, -0.2) is 48.6 Å². The number of ether oxygens (including phenoxy) is 1. The van der Waals surface area contributed by atoms with Crippen LogP contribution in [0.25, 0.3) is 0 Å². The first-order valence-corrected chi connectivity index (χ1v) is 7.37. The lowest BCUT2D eigenvalue weighted by Crippen LogP contribution is -2.41. The van der Waals surface area contributed by atoms with Crippen LogP contribution >= 0.6 is 0 Å². The summed E-state index contributed by atoms with van der Waals surface area (Å²) < 4.78 is 4.63. The Bertz CT molecular complexity index is 401. The van der Waals surface area contributed by atoms with E-state index >= 15 is 0 Å². The minimum absolute atomic E-state index is 0.00667. The zero-order valence-electron chi connectivity index (χ0n) is 13.1. The van der Waals surface area contributed by atoms with E-state index in [2.05, 4.69) is 4.74 Å². The predicted molar refractivity (Wildman–Crippen MR) is 76.6 cm³/mol. The van der Waals surface area contributed by atoms with Crippen molar-refractivity contribution in [1.82, 2.24) is 4.90 Å². The monoisotopic (exact) mass is 299 g/mol. The zero-order valence-corrected chi connectivity index (χ0v) is 13.1. The van der Waals surface area contributed by atoms with E-state index in [1.165, 1.54) is 12.0 Å². The average Bonchev–Trinajstić information content (AvgIpc) is 2.46. The molecule has 0 radical (unpaired) electrons. The molecule has 1 rings (SSSR count). The minimum atomic E-state index is -0.932. The molecule has 0 aromatic rings. The van der Waals surface area contributed by atoms with Gasteiger partial charge in [0.2, 0.25) is 5.91 Å². The third-order valence-corrected chi connectivity index (χ3v) is 4.33. The van der Waals surface area contributed by atoms with Crippen LogP contribution in [0.1, 0.15) is 45.4 Å². The highest BCUT2D eigenvalue weighted by Gasteiger charge is 2.42. The summed E-state index contributed by atoms with van der Waals surface area (Å²) in [5.41, 5.74) is -0.932. The van der Waals surface area contributed by atoms with Gasteiger partial charge in [-0.25, -0.2) is 0 Å². The van der Waals surface area contributed by atoms with Crippen LogP contribution in [0, 0.1) is 11.3 Å². The summed E-state index contributed by atoms with van der Waals surface area (Å²) in [5, 5.41) is 9.48. The van der Waals surface area contributed by atoms with E-state index in [9.17, 15) is 19.5 Å². The Hall–Kier alpha value is -1.59. The zero-order chi connectivity index (χ0) is 16.0. The molecular formula is C15H25NO5. The maximum atomic E-state index is 12.3. The minimum Gasteiger partial charge on any atom is -0.481 e. The molecule has 1 atom stereocenters. The van der Waals surface area contributed by atoms with E-state index in [-0.39, 0.29) is 24.8 Å². The Labute approximate surface area is 125 Å². The van der Waals surface area contributed by atoms with Crippen LogP contribution < -0.4 is 0 Å². The number of carboxylic acids is 1. The second kappa shape index (κ2) is 7.43. The van der Waals surface area contributed by atoms with Crippen molar-refractivity contribution < 1.29 is 24.2 Å². The van der Waals surface area contributed by atoms with Gasteiger partial charge in [-0.05, 0) is 12.8 Å². The smallest absolute Gasteiger partial charge is 0.310 e. The number of hydrogen-bond donors (Lipinski definition) is 1. The largest absolute Gasteiger partial charge is 0.481 e. The molecule has 1 saturated carbocycles. The number of hydrogen-bond acceptors (Lipinski definition) is 4. The first-order chi connectivity index (χ1) is 9.82. The summed E-state index contributed by atoms with van der Waals surface area (Å²) in [7, 11) is 2.91. The normalized spacial score (nSPS) is 18.6. The molecule has 0 spiro atoms. The van der Waals surface area contributed by atoms with Crippen LogP contribution in [0.3, 0.4) is 0 Å². The van der Waals surface area contributed by atoms with Crippen molar-refractivity contribution in [2.45, 2.75) is 45.4 Å². The first-order valence-electron chi connectivity index (χ1n) is 7.37. The van der Waals surface area contributed by atoms with Crippen LogP contribution in [0.2, 0.25) is 0 Å². The fourth-order valence-corrected chi connectivity index (χ4v) is 2.91. The maximum absolute atomic E-state index is 12.3. The van der Waals surface area contributed by atoms with Gasteiger partial charge in [-0.3, -0.25) is 14.4 Å². The fraction of sp³-hybridized carbons (Fsp3) is 0.800. The number of amides is 1. The number of methoxy groups -OCH3 is 1. The van der Waals surface area contributed by atoms with Gasteiger partial charge in [0, 0.05) is 20.0 Å². The third-order valence-electron chi connectivity index (χ3n) is 4.33. The molecule has 6 heteroatoms. The van der Waals surface area contributed by atoms with Gasteiger partial charge in [-0.1, -0.05) is 26.2 Å². The number of carbonyl (C=O) groups excluding carboxylic acids is 2. The van der Waals surface area contributed by atoms with E-state index in [4.69, 9.17) is 0 Å². The topological polar surface area (TPSA) is 83.9 Å². The Morgan fingerprint density at radius 2 is 1.81 bits per heavy atom. The molecule has 0 aromatic carbocycles. The second-order valence-corrected chi connectivity index (χ2v) is 6.02. The highest BCUT2D eigenvalue weighted by Crippen LogP contribution is 2.40. The molecule has 1 aliphatic rings. The number of rotatable bonds is 6. The lowest BCUT2D eigenvalue weighted by atomic mass is 9.71. The van der Waals surface area contributed by atoms with Crippen LogP contribution in [0.5, 0.6) is 0 Å². The van der Waals surface area contributed by atoms with Crippen molar-refractivity contribution in [3.05, 3.63) is 0 Å². The lowest BCUT2D eigenvalue weighted by Gasteiger charge is -2.34. The molecule has 0 heterocycles. The van der Waals surface area contributed by atoms with Crippen molar-refractivity contribution in [3.63, 3.8) is 0 Å². The molecule has 21 heavy (non-hydrogen) atoms. The van der Waals surface area contributed by atoms with Crippen molar-refractivity contribution >= 4 is 17.8 Å². The molecule has 1 N–H and O–H groups in total. The van der Waals surface area contributed by atoms with Gasteiger partial charge in [-0.2, -0.15) is 0 Å². The second-order valence-electron chi connectivity index (χ2n) is 6.02. The van der Waals surface area contributed by atoms with Crippen LogP contribution in [-0.2, 0) is 19.1 Å². The van der Waals surface area contributed by atoms with Crippen molar-refractivity contribution in [2.24, 2.45) is 11.3 Å². The molecule has 0 bridgehead atoms. The molecule has 120 valence electrons. The van der Waals surface area contributed by atoms with Crippen LogP contribution in [0.15, 0.2) is 0 Å². The summed E-state index contributed by atoms with van der Waals surface area (Å²) in [6.45, 7) is 1.92. The Kier molecular flexibility index (Phi) is 6.18. The number of aliphatic carboxylic acids is 1. The van der Waals surface area contributed by atoms with Gasteiger partial charge in [0.25, 0.3) is 0 Å². The molecule has 0 saturated heterocycles. The Morgan fingerprint density at radius 1 is 1.24 bits per heavy atom. The van der Waals surface area contributed by atoms with E-state index in [1.807, 2.05) is 0 Å². The lowest BCUT2D eigenvalue weighted by molar-refractivity contribution is -0.156. The fourth-order valence-electron chi connectivity index (χ4n) is 2.91. The van der Waals surface area contributed by atoms with Crippen molar-refractivity contribution in [2.75, 3.05) is 20.7 Å². The molecule has 1 fully saturated rings. The number of nitrogens with zero attached hydrogens (tertiary/aromatic N) is 1. The molecule has 1 aliphatic carbocycles. The predicted octanol–water partition coefficient (Wildman–Crippen LogP) is 1.68. The van der Waals surface area contributed by atoms with Gasteiger partial charge in [0.15, 0.2) is 0 Å². The summed E-state index contributed by atoms with van der Waals surface area (Å²) in [6, 6.07) is 0. The van der Waals surface area contributed by atoms with E-state index in [1.54, 1.807) is 14.0 Å². The van der Waals surface area contributed by atoms with Gasteiger partial charge < -0.3 is 14.7 Å². The van der Waals surface area contributed by atoms with E-state index in [0.29, 0.717) is 12.8 Å². The Balaban J connectivity index is 2.65. The summed E-state index contributed by atoms with van der Waals surface area (Å²) in [6.07, 6.45) is 3.83. The van der Waals surface area contributed by atoms with Gasteiger partial charge in [0.05, 0.1) is 18.4 Å². The maximum Gasteiger partial charge on any atom is 0.310 e. The SMILES string of the molecule is COC(=O)C(C)CN(C)C(=O)CC1(C(=O)O)CCCCC1. The molecular weight excluding hydrogens is 274 g/mol. The van der Waals surface area contributed by atoms with Gasteiger partial charge in [-0.15, -0.1) is 0 Å².